The van der Waals surface area contributed by atoms with Crippen LogP contribution in [0.2, 0.25) is 0 Å². The average Bonchev–Trinajstić information content (AvgIpc) is 2.45. The largest absolute Gasteiger partial charge is 0.351 e. The van der Waals surface area contributed by atoms with Gasteiger partial charge in [0.1, 0.15) is 0 Å². The van der Waals surface area contributed by atoms with Crippen molar-refractivity contribution >= 4 is 17.2 Å². The highest BCUT2D eigenvalue weighted by Gasteiger charge is 2.15. The predicted octanol–water partition coefficient (Wildman–Crippen LogP) is 3.11. The molecule has 0 fully saturated rings. The Labute approximate surface area is 95.7 Å². The van der Waals surface area contributed by atoms with Crippen LogP contribution in [0.25, 0.3) is 0 Å². The highest BCUT2D eigenvalue weighted by atomic mass is 32.1. The second kappa shape index (κ2) is 4.79. The van der Waals surface area contributed by atoms with E-state index >= 15 is 0 Å². The molecule has 0 unspecified atom stereocenters. The van der Waals surface area contributed by atoms with Crippen LogP contribution in [0.4, 0.5) is 0 Å². The van der Waals surface area contributed by atoms with Gasteiger partial charge < -0.3 is 5.32 Å². The predicted molar refractivity (Wildman–Crippen MR) is 65.0 cm³/mol. The highest BCUT2D eigenvalue weighted by Crippen LogP contribution is 2.18. The number of amides is 1. The molecule has 0 bridgehead atoms. The SMILES string of the molecule is Cc1ccc(CNC(=O)CC(C)(C)C)s1. The first-order valence-corrected chi connectivity index (χ1v) is 6.00. The third-order valence-electron chi connectivity index (χ3n) is 1.95. The molecule has 1 amide bonds. The fraction of sp³-hybridized carbons (Fsp3) is 0.583. The van der Waals surface area contributed by atoms with E-state index in [1.165, 1.54) is 9.75 Å². The number of hydrogen-bond donors (Lipinski definition) is 1. The summed E-state index contributed by atoms with van der Waals surface area (Å²) in [5.74, 6) is 0.133. The standard InChI is InChI=1S/C12H19NOS/c1-9-5-6-10(15-9)8-13-11(14)7-12(2,3)4/h5-6H,7-8H2,1-4H3,(H,13,14). The second-order valence-corrected chi connectivity index (χ2v) is 6.40. The Morgan fingerprint density at radius 2 is 2.07 bits per heavy atom. The summed E-state index contributed by atoms with van der Waals surface area (Å²) in [6, 6.07) is 4.15. The minimum atomic E-state index is 0.0649. The van der Waals surface area contributed by atoms with Crippen LogP contribution in [0, 0.1) is 12.3 Å². The second-order valence-electron chi connectivity index (χ2n) is 5.03. The molecule has 1 aromatic heterocycles. The Morgan fingerprint density at radius 1 is 1.40 bits per heavy atom. The zero-order chi connectivity index (χ0) is 11.5. The molecule has 1 N–H and O–H groups in total. The van der Waals surface area contributed by atoms with Crippen molar-refractivity contribution in [1.29, 1.82) is 0 Å². The van der Waals surface area contributed by atoms with Crippen molar-refractivity contribution in [3.05, 3.63) is 21.9 Å². The Balaban J connectivity index is 2.35. The molecule has 1 rings (SSSR count). The normalized spacial score (nSPS) is 11.5. The summed E-state index contributed by atoms with van der Waals surface area (Å²) in [5, 5.41) is 2.94. The van der Waals surface area contributed by atoms with Crippen molar-refractivity contribution in [3.63, 3.8) is 0 Å². The van der Waals surface area contributed by atoms with Crippen LogP contribution in [0.3, 0.4) is 0 Å². The van der Waals surface area contributed by atoms with Crippen LogP contribution >= 0.6 is 11.3 Å². The van der Waals surface area contributed by atoms with Gasteiger partial charge in [0.2, 0.25) is 5.91 Å². The van der Waals surface area contributed by atoms with Crippen molar-refractivity contribution in [1.82, 2.24) is 5.32 Å². The van der Waals surface area contributed by atoms with Gasteiger partial charge >= 0.3 is 0 Å². The van der Waals surface area contributed by atoms with Crippen LogP contribution < -0.4 is 5.32 Å². The zero-order valence-electron chi connectivity index (χ0n) is 9.89. The van der Waals surface area contributed by atoms with Crippen molar-refractivity contribution in [3.8, 4) is 0 Å². The van der Waals surface area contributed by atoms with Gasteiger partial charge in [-0.1, -0.05) is 20.8 Å². The lowest BCUT2D eigenvalue weighted by atomic mass is 9.92. The Hall–Kier alpha value is -0.830. The molecule has 3 heteroatoms. The smallest absolute Gasteiger partial charge is 0.220 e. The molecule has 0 saturated heterocycles. The first kappa shape index (κ1) is 12.2. The molecule has 0 spiro atoms. The molecule has 1 heterocycles. The fourth-order valence-electron chi connectivity index (χ4n) is 1.31. The van der Waals surface area contributed by atoms with Crippen molar-refractivity contribution < 1.29 is 4.79 Å². The third kappa shape index (κ3) is 4.98. The minimum Gasteiger partial charge on any atom is -0.351 e. The molecule has 2 nitrogen and oxygen atoms in total. The summed E-state index contributed by atoms with van der Waals surface area (Å²) in [4.78, 5) is 14.0. The van der Waals surface area contributed by atoms with E-state index in [1.54, 1.807) is 11.3 Å². The van der Waals surface area contributed by atoms with Gasteiger partial charge in [0.15, 0.2) is 0 Å². The van der Waals surface area contributed by atoms with Crippen molar-refractivity contribution in [2.24, 2.45) is 5.41 Å². The lowest BCUT2D eigenvalue weighted by Crippen LogP contribution is -2.26. The quantitative estimate of drug-likeness (QED) is 0.841. The molecular formula is C12H19NOS. The number of carbonyl (C=O) groups excluding carboxylic acids is 1. The van der Waals surface area contributed by atoms with E-state index in [0.29, 0.717) is 13.0 Å². The maximum atomic E-state index is 11.5. The first-order valence-electron chi connectivity index (χ1n) is 5.19. The summed E-state index contributed by atoms with van der Waals surface area (Å²) in [5.41, 5.74) is 0.0649. The molecule has 84 valence electrons. The molecule has 0 aliphatic rings. The summed E-state index contributed by atoms with van der Waals surface area (Å²) >= 11 is 1.73. The molecule has 0 aliphatic carbocycles. The van der Waals surface area contributed by atoms with E-state index in [0.717, 1.165) is 0 Å². The molecule has 0 atom stereocenters. The summed E-state index contributed by atoms with van der Waals surface area (Å²) in [6.45, 7) is 8.95. The number of carbonyl (C=O) groups is 1. The first-order chi connectivity index (χ1) is 6.87. The third-order valence-corrected chi connectivity index (χ3v) is 2.95. The lowest BCUT2D eigenvalue weighted by molar-refractivity contribution is -0.122. The Kier molecular flexibility index (Phi) is 3.91. The monoisotopic (exact) mass is 225 g/mol. The minimum absolute atomic E-state index is 0.0649. The van der Waals surface area contributed by atoms with Crippen LogP contribution in [0.5, 0.6) is 0 Å². The van der Waals surface area contributed by atoms with Gasteiger partial charge in [0.25, 0.3) is 0 Å². The van der Waals surface area contributed by atoms with Crippen molar-refractivity contribution in [2.45, 2.75) is 40.7 Å². The zero-order valence-corrected chi connectivity index (χ0v) is 10.7. The summed E-state index contributed by atoms with van der Waals surface area (Å²) in [6.07, 6.45) is 0.581. The van der Waals surface area contributed by atoms with E-state index in [1.807, 2.05) is 0 Å². The van der Waals surface area contributed by atoms with Gasteiger partial charge in [-0.2, -0.15) is 0 Å². The molecule has 0 saturated carbocycles. The van der Waals surface area contributed by atoms with Gasteiger partial charge in [-0.05, 0) is 24.5 Å². The topological polar surface area (TPSA) is 29.1 Å². The average molecular weight is 225 g/mol. The maximum absolute atomic E-state index is 11.5. The van der Waals surface area contributed by atoms with E-state index < -0.39 is 0 Å². The van der Waals surface area contributed by atoms with Gasteiger partial charge in [-0.3, -0.25) is 4.79 Å². The number of rotatable bonds is 3. The molecule has 0 aliphatic heterocycles. The number of hydrogen-bond acceptors (Lipinski definition) is 2. The summed E-state index contributed by atoms with van der Waals surface area (Å²) in [7, 11) is 0. The molecular weight excluding hydrogens is 206 g/mol. The van der Waals surface area contributed by atoms with Gasteiger partial charge in [-0.25, -0.2) is 0 Å². The van der Waals surface area contributed by atoms with Gasteiger partial charge in [0, 0.05) is 16.2 Å². The number of thiophene rings is 1. The Bertz CT molecular complexity index is 336. The maximum Gasteiger partial charge on any atom is 0.220 e. The van der Waals surface area contributed by atoms with E-state index in [4.69, 9.17) is 0 Å². The molecule has 0 radical (unpaired) electrons. The van der Waals surface area contributed by atoms with E-state index in [9.17, 15) is 4.79 Å². The number of nitrogens with one attached hydrogen (secondary N) is 1. The van der Waals surface area contributed by atoms with Crippen LogP contribution in [0.1, 0.15) is 36.9 Å². The van der Waals surface area contributed by atoms with Gasteiger partial charge in [-0.15, -0.1) is 11.3 Å². The summed E-state index contributed by atoms with van der Waals surface area (Å²) < 4.78 is 0. The van der Waals surface area contributed by atoms with Crippen LogP contribution in [0.15, 0.2) is 12.1 Å². The molecule has 0 aromatic carbocycles. The molecule has 15 heavy (non-hydrogen) atoms. The number of aryl methyl sites for hydroxylation is 1. The van der Waals surface area contributed by atoms with E-state index in [-0.39, 0.29) is 11.3 Å². The fourth-order valence-corrected chi connectivity index (χ4v) is 2.14. The Morgan fingerprint density at radius 3 is 2.53 bits per heavy atom. The van der Waals surface area contributed by atoms with E-state index in [2.05, 4.69) is 45.1 Å². The lowest BCUT2D eigenvalue weighted by Gasteiger charge is -2.16. The van der Waals surface area contributed by atoms with Crippen LogP contribution in [-0.2, 0) is 11.3 Å². The van der Waals surface area contributed by atoms with Gasteiger partial charge in [0.05, 0.1) is 6.54 Å². The van der Waals surface area contributed by atoms with Crippen molar-refractivity contribution in [2.75, 3.05) is 0 Å². The molecule has 1 aromatic rings. The van der Waals surface area contributed by atoms with Crippen LogP contribution in [-0.4, -0.2) is 5.91 Å². The highest BCUT2D eigenvalue weighted by molar-refractivity contribution is 7.11.